The van der Waals surface area contributed by atoms with Crippen molar-refractivity contribution in [3.05, 3.63) is 59.2 Å². The smallest absolute Gasteiger partial charge is 0.261 e. The van der Waals surface area contributed by atoms with Crippen LogP contribution in [-0.4, -0.2) is 24.7 Å². The second-order valence-electron chi connectivity index (χ2n) is 7.49. The predicted octanol–water partition coefficient (Wildman–Crippen LogP) is 4.78. The first-order valence-corrected chi connectivity index (χ1v) is 9.53. The fourth-order valence-electron chi connectivity index (χ4n) is 2.72. The van der Waals surface area contributed by atoms with Crippen LogP contribution >= 0.6 is 0 Å². The molecule has 2 aromatic carbocycles. The third-order valence-electron chi connectivity index (χ3n) is 4.37. The van der Waals surface area contributed by atoms with E-state index >= 15 is 0 Å². The van der Waals surface area contributed by atoms with E-state index in [2.05, 4.69) is 31.3 Å². The number of carbonyl (C=O) groups excluding carboxylic acids is 1. The zero-order chi connectivity index (χ0) is 20.0. The quantitative estimate of drug-likeness (QED) is 0.728. The van der Waals surface area contributed by atoms with Gasteiger partial charge in [0.2, 0.25) is 0 Å². The van der Waals surface area contributed by atoms with Crippen molar-refractivity contribution in [2.75, 3.05) is 6.61 Å². The highest BCUT2D eigenvalue weighted by molar-refractivity contribution is 5.81. The molecule has 0 unspecified atom stereocenters. The SMILES string of the molecule is Cc1ccc(OC[C@@H](C)NC(=O)[C@H](C)Oc2cc(C)ccc2C(C)C)cc1. The molecule has 2 atom stereocenters. The van der Waals surface area contributed by atoms with Crippen molar-refractivity contribution in [2.24, 2.45) is 0 Å². The van der Waals surface area contributed by atoms with Gasteiger partial charge in [-0.05, 0) is 62.9 Å². The summed E-state index contributed by atoms with van der Waals surface area (Å²) in [5.41, 5.74) is 3.41. The maximum atomic E-state index is 12.5. The van der Waals surface area contributed by atoms with Crippen LogP contribution in [-0.2, 0) is 4.79 Å². The van der Waals surface area contributed by atoms with E-state index in [1.807, 2.05) is 51.1 Å². The lowest BCUT2D eigenvalue weighted by molar-refractivity contribution is -0.128. The van der Waals surface area contributed by atoms with Crippen LogP contribution in [0, 0.1) is 13.8 Å². The first kappa shape index (κ1) is 20.8. The lowest BCUT2D eigenvalue weighted by atomic mass is 10.0. The third-order valence-corrected chi connectivity index (χ3v) is 4.37. The Morgan fingerprint density at radius 1 is 0.963 bits per heavy atom. The van der Waals surface area contributed by atoms with E-state index in [4.69, 9.17) is 9.47 Å². The van der Waals surface area contributed by atoms with Gasteiger partial charge in [-0.15, -0.1) is 0 Å². The van der Waals surface area contributed by atoms with E-state index in [-0.39, 0.29) is 11.9 Å². The number of nitrogens with one attached hydrogen (secondary N) is 1. The minimum Gasteiger partial charge on any atom is -0.491 e. The molecule has 0 radical (unpaired) electrons. The van der Waals surface area contributed by atoms with Crippen molar-refractivity contribution in [1.82, 2.24) is 5.32 Å². The largest absolute Gasteiger partial charge is 0.491 e. The number of ether oxygens (including phenoxy) is 2. The summed E-state index contributed by atoms with van der Waals surface area (Å²) in [5.74, 6) is 1.76. The van der Waals surface area contributed by atoms with E-state index in [0.717, 1.165) is 22.6 Å². The molecule has 1 amide bonds. The predicted molar refractivity (Wildman–Crippen MR) is 110 cm³/mol. The summed E-state index contributed by atoms with van der Waals surface area (Å²) < 4.78 is 11.7. The number of aryl methyl sites for hydroxylation is 2. The molecule has 0 saturated carbocycles. The van der Waals surface area contributed by atoms with Crippen LogP contribution in [0.15, 0.2) is 42.5 Å². The highest BCUT2D eigenvalue weighted by Gasteiger charge is 2.19. The molecular formula is C23H31NO3. The highest BCUT2D eigenvalue weighted by atomic mass is 16.5. The minimum atomic E-state index is -0.578. The zero-order valence-electron chi connectivity index (χ0n) is 17.2. The van der Waals surface area contributed by atoms with E-state index < -0.39 is 6.10 Å². The maximum absolute atomic E-state index is 12.5. The minimum absolute atomic E-state index is 0.119. The van der Waals surface area contributed by atoms with Crippen molar-refractivity contribution >= 4 is 5.91 Å². The standard InChI is InChI=1S/C23H31NO3/c1-15(2)21-12-9-17(4)13-22(21)27-19(6)23(25)24-18(5)14-26-20-10-7-16(3)8-11-20/h7-13,15,18-19H,14H2,1-6H3,(H,24,25)/t18-,19+/m1/s1. The molecule has 0 aliphatic heterocycles. The van der Waals surface area contributed by atoms with Gasteiger partial charge in [-0.3, -0.25) is 4.79 Å². The molecule has 0 saturated heterocycles. The summed E-state index contributed by atoms with van der Waals surface area (Å²) >= 11 is 0. The number of rotatable bonds is 8. The Balaban J connectivity index is 1.89. The lowest BCUT2D eigenvalue weighted by Gasteiger charge is -2.21. The average molecular weight is 370 g/mol. The highest BCUT2D eigenvalue weighted by Crippen LogP contribution is 2.28. The Morgan fingerprint density at radius 3 is 2.22 bits per heavy atom. The van der Waals surface area contributed by atoms with Gasteiger partial charge in [0.1, 0.15) is 18.1 Å². The van der Waals surface area contributed by atoms with Gasteiger partial charge in [0, 0.05) is 0 Å². The Kier molecular flexibility index (Phi) is 7.28. The van der Waals surface area contributed by atoms with Gasteiger partial charge in [-0.2, -0.15) is 0 Å². The molecule has 0 aliphatic carbocycles. The Bertz CT molecular complexity index is 753. The summed E-state index contributed by atoms with van der Waals surface area (Å²) in [6.07, 6.45) is -0.578. The van der Waals surface area contributed by atoms with Gasteiger partial charge in [-0.1, -0.05) is 43.7 Å². The monoisotopic (exact) mass is 369 g/mol. The second-order valence-corrected chi connectivity index (χ2v) is 7.49. The molecule has 0 spiro atoms. The van der Waals surface area contributed by atoms with Gasteiger partial charge in [0.05, 0.1) is 6.04 Å². The zero-order valence-corrected chi connectivity index (χ0v) is 17.2. The molecule has 4 nitrogen and oxygen atoms in total. The number of hydrogen-bond donors (Lipinski definition) is 1. The number of hydrogen-bond acceptors (Lipinski definition) is 3. The number of benzene rings is 2. The summed E-state index contributed by atoms with van der Waals surface area (Å²) in [6, 6.07) is 13.9. The van der Waals surface area contributed by atoms with E-state index in [1.54, 1.807) is 6.92 Å². The molecular weight excluding hydrogens is 338 g/mol. The van der Waals surface area contributed by atoms with Crippen molar-refractivity contribution in [1.29, 1.82) is 0 Å². The molecule has 0 bridgehead atoms. The van der Waals surface area contributed by atoms with Crippen LogP contribution in [0.5, 0.6) is 11.5 Å². The van der Waals surface area contributed by atoms with Gasteiger partial charge in [-0.25, -0.2) is 0 Å². The summed E-state index contributed by atoms with van der Waals surface area (Å²) in [4.78, 5) is 12.5. The molecule has 0 aromatic heterocycles. The average Bonchev–Trinajstić information content (AvgIpc) is 2.61. The van der Waals surface area contributed by atoms with Crippen molar-refractivity contribution in [3.63, 3.8) is 0 Å². The van der Waals surface area contributed by atoms with Crippen LogP contribution in [0.2, 0.25) is 0 Å². The van der Waals surface area contributed by atoms with Gasteiger partial charge in [0.25, 0.3) is 5.91 Å². The van der Waals surface area contributed by atoms with E-state index in [9.17, 15) is 4.79 Å². The molecule has 0 fully saturated rings. The lowest BCUT2D eigenvalue weighted by Crippen LogP contribution is -2.43. The second kappa shape index (κ2) is 9.45. The topological polar surface area (TPSA) is 47.6 Å². The Labute approximate surface area is 162 Å². The van der Waals surface area contributed by atoms with Crippen LogP contribution in [0.25, 0.3) is 0 Å². The number of amides is 1. The molecule has 2 aromatic rings. The van der Waals surface area contributed by atoms with Gasteiger partial charge in [0.15, 0.2) is 6.10 Å². The summed E-state index contributed by atoms with van der Waals surface area (Å²) in [6.45, 7) is 12.4. The van der Waals surface area contributed by atoms with Crippen molar-refractivity contribution < 1.29 is 14.3 Å². The fraction of sp³-hybridized carbons (Fsp3) is 0.435. The number of carbonyl (C=O) groups is 1. The first-order valence-electron chi connectivity index (χ1n) is 9.53. The van der Waals surface area contributed by atoms with Crippen molar-refractivity contribution in [2.45, 2.75) is 59.6 Å². The van der Waals surface area contributed by atoms with Crippen LogP contribution in [0.4, 0.5) is 0 Å². The van der Waals surface area contributed by atoms with Crippen LogP contribution in [0.3, 0.4) is 0 Å². The fourth-order valence-corrected chi connectivity index (χ4v) is 2.72. The van der Waals surface area contributed by atoms with Crippen molar-refractivity contribution in [3.8, 4) is 11.5 Å². The van der Waals surface area contributed by atoms with Crippen LogP contribution < -0.4 is 14.8 Å². The summed E-state index contributed by atoms with van der Waals surface area (Å²) in [5, 5.41) is 2.96. The van der Waals surface area contributed by atoms with E-state index in [0.29, 0.717) is 12.5 Å². The summed E-state index contributed by atoms with van der Waals surface area (Å²) in [7, 11) is 0. The molecule has 27 heavy (non-hydrogen) atoms. The third kappa shape index (κ3) is 6.31. The van der Waals surface area contributed by atoms with E-state index in [1.165, 1.54) is 5.56 Å². The van der Waals surface area contributed by atoms with Crippen LogP contribution in [0.1, 0.15) is 50.3 Å². The Hall–Kier alpha value is -2.49. The van der Waals surface area contributed by atoms with Gasteiger partial charge >= 0.3 is 0 Å². The van der Waals surface area contributed by atoms with Gasteiger partial charge < -0.3 is 14.8 Å². The molecule has 146 valence electrons. The maximum Gasteiger partial charge on any atom is 0.261 e. The molecule has 1 N–H and O–H groups in total. The normalized spacial score (nSPS) is 13.1. The first-order chi connectivity index (χ1) is 12.8. The Morgan fingerprint density at radius 2 is 1.59 bits per heavy atom. The molecule has 0 aliphatic rings. The molecule has 4 heteroatoms. The molecule has 0 heterocycles. The molecule has 2 rings (SSSR count).